The van der Waals surface area contributed by atoms with E-state index >= 15 is 0 Å². The highest BCUT2D eigenvalue weighted by atomic mass is 31.1. The zero-order chi connectivity index (χ0) is 25.7. The SMILES string of the molecule is CC(C)(C)C1=C(OPOC2=C(C(C)(C)C)CC(C)(C(C)(C)C)C=C2)C=CC(C)(C(C)(C)C)C1. The predicted molar refractivity (Wildman–Crippen MR) is 146 cm³/mol. The Balaban J connectivity index is 2.27. The Morgan fingerprint density at radius 2 is 0.909 bits per heavy atom. The van der Waals surface area contributed by atoms with Crippen LogP contribution in [0.4, 0.5) is 0 Å². The van der Waals surface area contributed by atoms with Gasteiger partial charge in [-0.25, -0.2) is 0 Å². The topological polar surface area (TPSA) is 18.5 Å². The van der Waals surface area contributed by atoms with Crippen LogP contribution < -0.4 is 0 Å². The summed E-state index contributed by atoms with van der Waals surface area (Å²) in [5.41, 5.74) is 3.44. The highest BCUT2D eigenvalue weighted by molar-refractivity contribution is 7.26. The molecule has 0 amide bonds. The quantitative estimate of drug-likeness (QED) is 0.377. The molecule has 0 N–H and O–H groups in total. The van der Waals surface area contributed by atoms with E-state index in [1.165, 1.54) is 11.1 Å². The molecule has 0 aliphatic heterocycles. The van der Waals surface area contributed by atoms with Gasteiger partial charge in [-0.2, -0.15) is 0 Å². The van der Waals surface area contributed by atoms with Gasteiger partial charge in [-0.15, -0.1) is 0 Å². The van der Waals surface area contributed by atoms with Gasteiger partial charge in [0.25, 0.3) is 9.03 Å². The summed E-state index contributed by atoms with van der Waals surface area (Å²) in [6, 6.07) is 0. The molecule has 0 saturated heterocycles. The zero-order valence-electron chi connectivity index (χ0n) is 24.0. The molecule has 0 radical (unpaired) electrons. The lowest BCUT2D eigenvalue weighted by atomic mass is 9.60. The second-order valence-corrected chi connectivity index (χ2v) is 15.4. The van der Waals surface area contributed by atoms with Crippen molar-refractivity contribution >= 4 is 9.03 Å². The van der Waals surface area contributed by atoms with Crippen LogP contribution in [-0.2, 0) is 9.05 Å². The Bertz CT molecular complexity index is 787. The van der Waals surface area contributed by atoms with Gasteiger partial charge < -0.3 is 9.05 Å². The van der Waals surface area contributed by atoms with Gasteiger partial charge in [-0.05, 0) is 68.6 Å². The first kappa shape index (κ1) is 28.2. The molecule has 0 spiro atoms. The van der Waals surface area contributed by atoms with E-state index in [-0.39, 0.29) is 41.5 Å². The summed E-state index contributed by atoms with van der Waals surface area (Å²) in [5.74, 6) is 1.97. The minimum Gasteiger partial charge on any atom is -0.441 e. The van der Waals surface area contributed by atoms with Gasteiger partial charge in [0.2, 0.25) is 0 Å². The average molecular weight is 475 g/mol. The van der Waals surface area contributed by atoms with E-state index in [1.807, 2.05) is 0 Å². The van der Waals surface area contributed by atoms with Crippen LogP contribution in [0.15, 0.2) is 47.0 Å². The van der Waals surface area contributed by atoms with Crippen LogP contribution in [0, 0.1) is 32.5 Å². The summed E-state index contributed by atoms with van der Waals surface area (Å²) in [4.78, 5) is 0. The Hall–Kier alpha value is -1.01. The van der Waals surface area contributed by atoms with E-state index in [2.05, 4.69) is 121 Å². The fourth-order valence-corrected chi connectivity index (χ4v) is 4.95. The molecule has 0 saturated carbocycles. The lowest BCUT2D eigenvalue weighted by Crippen LogP contribution is -2.35. The Kier molecular flexibility index (Phi) is 7.61. The average Bonchev–Trinajstić information content (AvgIpc) is 2.60. The summed E-state index contributed by atoms with van der Waals surface area (Å²) in [7, 11) is -0.0569. The first-order valence-corrected chi connectivity index (χ1v) is 13.4. The van der Waals surface area contributed by atoms with Gasteiger partial charge >= 0.3 is 0 Å². The molecule has 0 aromatic carbocycles. The van der Waals surface area contributed by atoms with Crippen molar-refractivity contribution in [2.75, 3.05) is 0 Å². The van der Waals surface area contributed by atoms with Gasteiger partial charge in [0.1, 0.15) is 11.5 Å². The van der Waals surface area contributed by atoms with E-state index in [0.29, 0.717) is 0 Å². The van der Waals surface area contributed by atoms with Crippen LogP contribution in [0.2, 0.25) is 0 Å². The Morgan fingerprint density at radius 3 is 1.15 bits per heavy atom. The fraction of sp³-hybridized carbons (Fsp3) is 0.733. The predicted octanol–water partition coefficient (Wildman–Crippen LogP) is 10.2. The lowest BCUT2D eigenvalue weighted by molar-refractivity contribution is 0.151. The highest BCUT2D eigenvalue weighted by Crippen LogP contribution is 2.53. The van der Waals surface area contributed by atoms with E-state index < -0.39 is 0 Å². The van der Waals surface area contributed by atoms with Crippen molar-refractivity contribution in [1.29, 1.82) is 0 Å². The third-order valence-corrected chi connectivity index (χ3v) is 9.04. The lowest BCUT2D eigenvalue weighted by Gasteiger charge is -2.45. The summed E-state index contributed by atoms with van der Waals surface area (Å²) in [6.07, 6.45) is 11.1. The molecule has 2 unspecified atom stereocenters. The van der Waals surface area contributed by atoms with Crippen molar-refractivity contribution in [2.24, 2.45) is 32.5 Å². The monoisotopic (exact) mass is 474 g/mol. The molecule has 33 heavy (non-hydrogen) atoms. The van der Waals surface area contributed by atoms with Crippen molar-refractivity contribution in [3.8, 4) is 0 Å². The first-order chi connectivity index (χ1) is 14.6. The molecule has 188 valence electrons. The molecular formula is C30H51O2P. The summed E-state index contributed by atoms with van der Waals surface area (Å²) in [5, 5.41) is 0. The third kappa shape index (κ3) is 6.17. The Labute approximate surface area is 207 Å². The summed E-state index contributed by atoms with van der Waals surface area (Å²) < 4.78 is 12.7. The molecule has 0 aromatic rings. The van der Waals surface area contributed by atoms with Gasteiger partial charge in [0.05, 0.1) is 0 Å². The van der Waals surface area contributed by atoms with Gasteiger partial charge in [0, 0.05) is 0 Å². The second-order valence-electron chi connectivity index (χ2n) is 14.8. The molecule has 2 nitrogen and oxygen atoms in total. The Morgan fingerprint density at radius 1 is 0.606 bits per heavy atom. The maximum Gasteiger partial charge on any atom is 0.275 e. The molecule has 2 atom stereocenters. The number of hydrogen-bond donors (Lipinski definition) is 0. The van der Waals surface area contributed by atoms with Crippen LogP contribution in [0.1, 0.15) is 110 Å². The molecular weight excluding hydrogens is 423 g/mol. The largest absolute Gasteiger partial charge is 0.441 e. The third-order valence-electron chi connectivity index (χ3n) is 8.43. The minimum absolute atomic E-state index is 0.0478. The second kappa shape index (κ2) is 8.89. The zero-order valence-corrected chi connectivity index (χ0v) is 25.0. The van der Waals surface area contributed by atoms with Crippen LogP contribution >= 0.6 is 9.03 Å². The fourth-order valence-electron chi connectivity index (χ4n) is 4.35. The molecule has 2 aliphatic rings. The number of hydrogen-bond acceptors (Lipinski definition) is 2. The standard InChI is InChI=1S/C30H51O2P/c1-25(2,3)21-19-29(13,27(7,8)9)17-15-23(21)31-33-32-24-16-18-30(14,28(10,11)12)20-22(24)26(4,5)6/h15-18,33H,19-20H2,1-14H3. The smallest absolute Gasteiger partial charge is 0.275 e. The van der Waals surface area contributed by atoms with Crippen molar-refractivity contribution in [2.45, 2.75) is 110 Å². The van der Waals surface area contributed by atoms with Crippen LogP contribution in [0.25, 0.3) is 0 Å². The van der Waals surface area contributed by atoms with E-state index in [0.717, 1.165) is 24.4 Å². The molecule has 0 aromatic heterocycles. The molecule has 2 aliphatic carbocycles. The molecule has 3 heteroatoms. The van der Waals surface area contributed by atoms with Crippen LogP contribution in [0.3, 0.4) is 0 Å². The van der Waals surface area contributed by atoms with Crippen molar-refractivity contribution < 1.29 is 9.05 Å². The number of allylic oxidation sites excluding steroid dienone is 6. The maximum atomic E-state index is 6.34. The molecule has 0 bridgehead atoms. The van der Waals surface area contributed by atoms with E-state index in [4.69, 9.17) is 9.05 Å². The summed E-state index contributed by atoms with van der Waals surface area (Å²) in [6.45, 7) is 32.4. The molecule has 0 heterocycles. The van der Waals surface area contributed by atoms with Gasteiger partial charge in [0.15, 0.2) is 0 Å². The first-order valence-electron chi connectivity index (χ1n) is 12.6. The van der Waals surface area contributed by atoms with Crippen molar-refractivity contribution in [3.63, 3.8) is 0 Å². The van der Waals surface area contributed by atoms with Crippen LogP contribution in [-0.4, -0.2) is 0 Å². The highest BCUT2D eigenvalue weighted by Gasteiger charge is 2.42. The maximum absolute atomic E-state index is 6.34. The number of rotatable bonds is 4. The van der Waals surface area contributed by atoms with E-state index in [1.54, 1.807) is 0 Å². The van der Waals surface area contributed by atoms with Crippen molar-refractivity contribution in [1.82, 2.24) is 0 Å². The van der Waals surface area contributed by atoms with E-state index in [9.17, 15) is 0 Å². The van der Waals surface area contributed by atoms with Gasteiger partial charge in [-0.1, -0.05) is 109 Å². The summed E-state index contributed by atoms with van der Waals surface area (Å²) >= 11 is 0. The molecule has 0 fully saturated rings. The normalized spacial score (nSPS) is 27.7. The van der Waals surface area contributed by atoms with Gasteiger partial charge in [-0.3, -0.25) is 0 Å². The van der Waals surface area contributed by atoms with Crippen molar-refractivity contribution in [3.05, 3.63) is 47.0 Å². The van der Waals surface area contributed by atoms with Crippen LogP contribution in [0.5, 0.6) is 0 Å². The molecule has 2 rings (SSSR count). The minimum atomic E-state index is -0.0569.